The van der Waals surface area contributed by atoms with Gasteiger partial charge >= 0.3 is 0 Å². The third-order valence-corrected chi connectivity index (χ3v) is 2.84. The number of aryl methyl sites for hydroxylation is 2. The maximum atomic E-state index is 9.83. The van der Waals surface area contributed by atoms with Crippen LogP contribution in [0.2, 0.25) is 0 Å². The van der Waals surface area contributed by atoms with Crippen molar-refractivity contribution in [3.63, 3.8) is 0 Å². The number of hydrogen-bond donors (Lipinski definition) is 1. The molecule has 14 heavy (non-hydrogen) atoms. The fourth-order valence-electron chi connectivity index (χ4n) is 2.01. The Morgan fingerprint density at radius 1 is 1.21 bits per heavy atom. The monoisotopic (exact) mass is 192 g/mol. The quantitative estimate of drug-likeness (QED) is 0.776. The van der Waals surface area contributed by atoms with Crippen LogP contribution in [0.3, 0.4) is 0 Å². The molecule has 0 aliphatic rings. The van der Waals surface area contributed by atoms with E-state index in [1.54, 1.807) is 0 Å². The first kappa shape index (κ1) is 11.1. The fraction of sp³-hybridized carbons (Fsp3) is 0.538. The Hall–Kier alpha value is -0.980. The standard InChI is InChI=1S/C13H20O/c1-5-7-12-10(4)13(14)9(3)8-11(12)6-2/h8,14H,5-7H2,1-4H3. The molecule has 0 aliphatic carbocycles. The van der Waals surface area contributed by atoms with Gasteiger partial charge in [0.15, 0.2) is 0 Å². The average Bonchev–Trinajstić information content (AvgIpc) is 2.19. The number of hydrogen-bond acceptors (Lipinski definition) is 1. The molecule has 0 heterocycles. The van der Waals surface area contributed by atoms with Gasteiger partial charge in [0.05, 0.1) is 0 Å². The minimum atomic E-state index is 0.477. The van der Waals surface area contributed by atoms with Crippen LogP contribution in [0.5, 0.6) is 5.75 Å². The summed E-state index contributed by atoms with van der Waals surface area (Å²) >= 11 is 0. The van der Waals surface area contributed by atoms with E-state index >= 15 is 0 Å². The molecule has 1 aromatic rings. The van der Waals surface area contributed by atoms with E-state index in [-0.39, 0.29) is 0 Å². The molecule has 1 nitrogen and oxygen atoms in total. The van der Waals surface area contributed by atoms with Crippen molar-refractivity contribution >= 4 is 0 Å². The Balaban J connectivity index is 3.29. The Morgan fingerprint density at radius 2 is 1.86 bits per heavy atom. The molecule has 0 saturated carbocycles. The molecule has 1 heteroatoms. The van der Waals surface area contributed by atoms with Gasteiger partial charge in [0.1, 0.15) is 5.75 Å². The average molecular weight is 192 g/mol. The SMILES string of the molecule is CCCc1c(CC)cc(C)c(O)c1C. The van der Waals surface area contributed by atoms with Crippen molar-refractivity contribution in [1.29, 1.82) is 0 Å². The highest BCUT2D eigenvalue weighted by atomic mass is 16.3. The second-order valence-corrected chi connectivity index (χ2v) is 3.91. The molecule has 0 bridgehead atoms. The minimum absolute atomic E-state index is 0.477. The van der Waals surface area contributed by atoms with Gasteiger partial charge in [0, 0.05) is 0 Å². The van der Waals surface area contributed by atoms with Crippen molar-refractivity contribution in [1.82, 2.24) is 0 Å². The van der Waals surface area contributed by atoms with Gasteiger partial charge in [-0.3, -0.25) is 0 Å². The molecule has 0 fully saturated rings. The second kappa shape index (κ2) is 4.50. The summed E-state index contributed by atoms with van der Waals surface area (Å²) in [5, 5.41) is 9.83. The number of phenolic OH excluding ortho intramolecular Hbond substituents is 1. The Morgan fingerprint density at radius 3 is 2.36 bits per heavy atom. The molecule has 78 valence electrons. The van der Waals surface area contributed by atoms with E-state index in [0.717, 1.165) is 30.4 Å². The summed E-state index contributed by atoms with van der Waals surface area (Å²) in [6.45, 7) is 8.34. The molecular weight excluding hydrogens is 172 g/mol. The molecule has 0 radical (unpaired) electrons. The molecule has 0 atom stereocenters. The van der Waals surface area contributed by atoms with Crippen LogP contribution < -0.4 is 0 Å². The summed E-state index contributed by atoms with van der Waals surface area (Å²) in [5.74, 6) is 0.477. The summed E-state index contributed by atoms with van der Waals surface area (Å²) in [4.78, 5) is 0. The topological polar surface area (TPSA) is 20.2 Å². The normalized spacial score (nSPS) is 10.6. The number of rotatable bonds is 3. The Labute approximate surface area is 86.8 Å². The van der Waals surface area contributed by atoms with Gasteiger partial charge in [-0.2, -0.15) is 0 Å². The molecule has 0 aromatic heterocycles. The fourth-order valence-corrected chi connectivity index (χ4v) is 2.01. The zero-order chi connectivity index (χ0) is 10.7. The van der Waals surface area contributed by atoms with Crippen LogP contribution >= 0.6 is 0 Å². The van der Waals surface area contributed by atoms with Gasteiger partial charge in [-0.1, -0.05) is 26.3 Å². The van der Waals surface area contributed by atoms with Gasteiger partial charge < -0.3 is 5.11 Å². The Kier molecular flexibility index (Phi) is 3.56. The molecule has 0 saturated heterocycles. The van der Waals surface area contributed by atoms with E-state index in [9.17, 15) is 5.11 Å². The maximum Gasteiger partial charge on any atom is 0.121 e. The van der Waals surface area contributed by atoms with Crippen molar-refractivity contribution in [2.24, 2.45) is 0 Å². The highest BCUT2D eigenvalue weighted by molar-refractivity contribution is 5.48. The number of aromatic hydroxyl groups is 1. The lowest BCUT2D eigenvalue weighted by molar-refractivity contribution is 0.465. The van der Waals surface area contributed by atoms with Crippen LogP contribution in [0.1, 0.15) is 42.5 Å². The maximum absolute atomic E-state index is 9.83. The molecule has 1 aromatic carbocycles. The molecular formula is C13H20O. The lowest BCUT2D eigenvalue weighted by atomic mass is 9.93. The summed E-state index contributed by atoms with van der Waals surface area (Å²) in [5.41, 5.74) is 4.81. The minimum Gasteiger partial charge on any atom is -0.507 e. The van der Waals surface area contributed by atoms with E-state index in [1.807, 2.05) is 13.8 Å². The first-order valence-corrected chi connectivity index (χ1v) is 5.42. The third kappa shape index (κ3) is 1.92. The number of benzene rings is 1. The molecule has 1 rings (SSSR count). The first-order valence-electron chi connectivity index (χ1n) is 5.42. The molecule has 0 aliphatic heterocycles. The van der Waals surface area contributed by atoms with E-state index < -0.39 is 0 Å². The smallest absolute Gasteiger partial charge is 0.121 e. The largest absolute Gasteiger partial charge is 0.507 e. The third-order valence-electron chi connectivity index (χ3n) is 2.84. The predicted molar refractivity (Wildman–Crippen MR) is 61.0 cm³/mol. The molecule has 0 amide bonds. The zero-order valence-corrected chi connectivity index (χ0v) is 9.65. The van der Waals surface area contributed by atoms with Gasteiger partial charge in [-0.25, -0.2) is 0 Å². The van der Waals surface area contributed by atoms with Crippen LogP contribution in [0.4, 0.5) is 0 Å². The van der Waals surface area contributed by atoms with Crippen LogP contribution in [0, 0.1) is 13.8 Å². The highest BCUT2D eigenvalue weighted by Crippen LogP contribution is 2.29. The van der Waals surface area contributed by atoms with Crippen LogP contribution in [0.15, 0.2) is 6.07 Å². The summed E-state index contributed by atoms with van der Waals surface area (Å²) in [6, 6.07) is 2.12. The predicted octanol–water partition coefficient (Wildman–Crippen LogP) is 3.52. The van der Waals surface area contributed by atoms with Gasteiger partial charge in [-0.15, -0.1) is 0 Å². The Bertz CT molecular complexity index is 326. The van der Waals surface area contributed by atoms with Crippen molar-refractivity contribution in [2.75, 3.05) is 0 Å². The van der Waals surface area contributed by atoms with Crippen molar-refractivity contribution in [3.05, 3.63) is 28.3 Å². The van der Waals surface area contributed by atoms with Gasteiger partial charge in [0.2, 0.25) is 0 Å². The first-order chi connectivity index (χ1) is 6.61. The van der Waals surface area contributed by atoms with E-state index in [1.165, 1.54) is 11.1 Å². The van der Waals surface area contributed by atoms with E-state index in [4.69, 9.17) is 0 Å². The highest BCUT2D eigenvalue weighted by Gasteiger charge is 2.10. The van der Waals surface area contributed by atoms with E-state index in [0.29, 0.717) is 5.75 Å². The molecule has 0 spiro atoms. The zero-order valence-electron chi connectivity index (χ0n) is 9.65. The molecule has 1 N–H and O–H groups in total. The van der Waals surface area contributed by atoms with Gasteiger partial charge in [-0.05, 0) is 48.9 Å². The lowest BCUT2D eigenvalue weighted by Gasteiger charge is -2.14. The number of phenols is 1. The summed E-state index contributed by atoms with van der Waals surface area (Å²) in [6.07, 6.45) is 3.26. The second-order valence-electron chi connectivity index (χ2n) is 3.91. The molecule has 0 unspecified atom stereocenters. The summed E-state index contributed by atoms with van der Waals surface area (Å²) < 4.78 is 0. The van der Waals surface area contributed by atoms with Crippen molar-refractivity contribution in [2.45, 2.75) is 47.0 Å². The van der Waals surface area contributed by atoms with Crippen molar-refractivity contribution < 1.29 is 5.11 Å². The van der Waals surface area contributed by atoms with Crippen molar-refractivity contribution in [3.8, 4) is 5.75 Å². The van der Waals surface area contributed by atoms with E-state index in [2.05, 4.69) is 19.9 Å². The lowest BCUT2D eigenvalue weighted by Crippen LogP contribution is -1.98. The summed E-state index contributed by atoms with van der Waals surface area (Å²) in [7, 11) is 0. The van der Waals surface area contributed by atoms with Crippen LogP contribution in [-0.4, -0.2) is 5.11 Å². The van der Waals surface area contributed by atoms with Crippen LogP contribution in [0.25, 0.3) is 0 Å². The van der Waals surface area contributed by atoms with Gasteiger partial charge in [0.25, 0.3) is 0 Å². The van der Waals surface area contributed by atoms with Crippen LogP contribution in [-0.2, 0) is 12.8 Å².